The number of carbonyl (C=O) groups is 3. The minimum atomic E-state index is -0.723. The van der Waals surface area contributed by atoms with Gasteiger partial charge in [-0.1, -0.05) is 46.8 Å². The van der Waals surface area contributed by atoms with Crippen LogP contribution in [0.15, 0.2) is 58.4 Å². The Bertz CT molecular complexity index is 1530. The summed E-state index contributed by atoms with van der Waals surface area (Å²) < 4.78 is 1.52. The summed E-state index contributed by atoms with van der Waals surface area (Å²) in [7, 11) is 3.91. The molecule has 11 heteroatoms. The standard InChI is InChI=1S/C29H29ClN4O4S2/c1-31(2)19-10-6-17(7-11-19)22-23-24(27(37)34(26(23)36)20-12-8-18(30)9-13-20)39-28-25(22)40-29(38)33(28)16-21(35)32-14-4-3-5-15-32/h6-13,22-24H,3-5,14-16H2,1-2H3. The molecule has 3 aliphatic heterocycles. The minimum absolute atomic E-state index is 0.0651. The van der Waals surface area contributed by atoms with Gasteiger partial charge in [0.2, 0.25) is 17.7 Å². The van der Waals surface area contributed by atoms with E-state index in [0.29, 0.717) is 28.8 Å². The molecule has 0 spiro atoms. The molecule has 1 aromatic heterocycles. The van der Waals surface area contributed by atoms with E-state index in [9.17, 15) is 19.2 Å². The van der Waals surface area contributed by atoms with E-state index in [2.05, 4.69) is 0 Å². The van der Waals surface area contributed by atoms with Gasteiger partial charge in [-0.2, -0.15) is 0 Å². The van der Waals surface area contributed by atoms with Crippen molar-refractivity contribution in [3.8, 4) is 0 Å². The van der Waals surface area contributed by atoms with Crippen molar-refractivity contribution in [1.82, 2.24) is 9.47 Å². The number of rotatable bonds is 5. The third-order valence-corrected chi connectivity index (χ3v) is 10.8. The number of fused-ring (bicyclic) bond motifs is 2. The van der Waals surface area contributed by atoms with Crippen LogP contribution in [0.1, 0.15) is 35.6 Å². The molecular weight excluding hydrogens is 568 g/mol. The topological polar surface area (TPSA) is 82.9 Å². The maximum absolute atomic E-state index is 14.0. The Kier molecular flexibility index (Phi) is 7.27. The molecule has 6 rings (SSSR count). The fourth-order valence-electron chi connectivity index (χ4n) is 5.82. The predicted octanol–water partition coefficient (Wildman–Crippen LogP) is 4.44. The van der Waals surface area contributed by atoms with Crippen molar-refractivity contribution in [2.24, 2.45) is 5.92 Å². The van der Waals surface area contributed by atoms with E-state index in [1.54, 1.807) is 24.3 Å². The lowest BCUT2D eigenvalue weighted by atomic mass is 9.83. The number of halogens is 1. The molecule has 0 N–H and O–H groups in total. The van der Waals surface area contributed by atoms with Gasteiger partial charge in [-0.3, -0.25) is 23.7 Å². The molecule has 4 heterocycles. The van der Waals surface area contributed by atoms with Crippen LogP contribution in [-0.2, 0) is 20.9 Å². The molecule has 0 saturated carbocycles. The molecule has 3 atom stereocenters. The maximum atomic E-state index is 14.0. The Balaban J connectivity index is 1.43. The Morgan fingerprint density at radius 2 is 1.62 bits per heavy atom. The monoisotopic (exact) mass is 596 g/mol. The third kappa shape index (κ3) is 4.65. The van der Waals surface area contributed by atoms with E-state index in [4.69, 9.17) is 11.6 Å². The van der Waals surface area contributed by atoms with Gasteiger partial charge in [-0.05, 0) is 61.2 Å². The quantitative estimate of drug-likeness (QED) is 0.405. The highest BCUT2D eigenvalue weighted by atomic mass is 35.5. The summed E-state index contributed by atoms with van der Waals surface area (Å²) in [5.41, 5.74) is 2.33. The Morgan fingerprint density at radius 3 is 2.27 bits per heavy atom. The van der Waals surface area contributed by atoms with Crippen LogP contribution in [0.25, 0.3) is 0 Å². The van der Waals surface area contributed by atoms with E-state index in [0.717, 1.165) is 46.7 Å². The molecule has 40 heavy (non-hydrogen) atoms. The fourth-order valence-corrected chi connectivity index (χ4v) is 8.72. The number of benzene rings is 2. The lowest BCUT2D eigenvalue weighted by molar-refractivity contribution is -0.133. The second-order valence-corrected chi connectivity index (χ2v) is 13.1. The predicted molar refractivity (Wildman–Crippen MR) is 159 cm³/mol. The van der Waals surface area contributed by atoms with Crippen LogP contribution in [0.3, 0.4) is 0 Å². The van der Waals surface area contributed by atoms with Gasteiger partial charge in [0.25, 0.3) is 0 Å². The van der Waals surface area contributed by atoms with Crippen LogP contribution in [0.4, 0.5) is 11.4 Å². The molecule has 3 amide bonds. The van der Waals surface area contributed by atoms with Gasteiger partial charge in [0.15, 0.2) is 0 Å². The molecular formula is C29H29ClN4O4S2. The van der Waals surface area contributed by atoms with Crippen LogP contribution >= 0.6 is 34.7 Å². The van der Waals surface area contributed by atoms with Crippen molar-refractivity contribution in [2.45, 2.75) is 42.0 Å². The van der Waals surface area contributed by atoms with E-state index >= 15 is 0 Å². The summed E-state index contributed by atoms with van der Waals surface area (Å²) in [5.74, 6) is -1.89. The number of imide groups is 1. The summed E-state index contributed by atoms with van der Waals surface area (Å²) in [6.45, 7) is 1.33. The summed E-state index contributed by atoms with van der Waals surface area (Å²) in [4.78, 5) is 59.9. The number of aromatic nitrogens is 1. The molecule has 2 saturated heterocycles. The van der Waals surface area contributed by atoms with E-state index in [1.165, 1.54) is 21.2 Å². The number of carbonyl (C=O) groups excluding carboxylic acids is 3. The van der Waals surface area contributed by atoms with Crippen LogP contribution in [-0.4, -0.2) is 59.6 Å². The summed E-state index contributed by atoms with van der Waals surface area (Å²) >= 11 is 8.39. The number of likely N-dealkylation sites (tertiary alicyclic amines) is 1. The van der Waals surface area contributed by atoms with Gasteiger partial charge in [0.05, 0.1) is 16.6 Å². The van der Waals surface area contributed by atoms with Crippen molar-refractivity contribution < 1.29 is 14.4 Å². The Labute approximate surface area is 245 Å². The normalized spacial score (nSPS) is 22.3. The molecule has 0 radical (unpaired) electrons. The van der Waals surface area contributed by atoms with Crippen molar-refractivity contribution in [2.75, 3.05) is 37.0 Å². The zero-order valence-electron chi connectivity index (χ0n) is 22.2. The first-order chi connectivity index (χ1) is 19.2. The summed E-state index contributed by atoms with van der Waals surface area (Å²) in [6, 6.07) is 14.5. The molecule has 3 aromatic rings. The van der Waals surface area contributed by atoms with Gasteiger partial charge in [0, 0.05) is 48.7 Å². The van der Waals surface area contributed by atoms with Crippen LogP contribution in [0.2, 0.25) is 5.02 Å². The average molecular weight is 597 g/mol. The van der Waals surface area contributed by atoms with Gasteiger partial charge < -0.3 is 9.80 Å². The van der Waals surface area contributed by atoms with Gasteiger partial charge >= 0.3 is 4.87 Å². The SMILES string of the molecule is CN(C)c1ccc(C2c3sc(=O)n(CC(=O)N4CCCCC4)c3SC3C(=O)N(c4ccc(Cl)cc4)C(=O)C32)cc1. The van der Waals surface area contributed by atoms with Gasteiger partial charge in [-0.25, -0.2) is 4.90 Å². The number of piperidine rings is 1. The summed E-state index contributed by atoms with van der Waals surface area (Å²) in [5, 5.41) is 0.403. The fraction of sp³-hybridized carbons (Fsp3) is 0.379. The van der Waals surface area contributed by atoms with Crippen LogP contribution < -0.4 is 14.7 Å². The smallest absolute Gasteiger partial charge is 0.308 e. The van der Waals surface area contributed by atoms with E-state index in [-0.39, 0.29) is 29.1 Å². The second kappa shape index (κ2) is 10.7. The molecule has 3 aliphatic rings. The number of anilines is 2. The molecule has 2 aromatic carbocycles. The minimum Gasteiger partial charge on any atom is -0.378 e. The van der Waals surface area contributed by atoms with Crippen LogP contribution in [0, 0.1) is 5.92 Å². The maximum Gasteiger partial charge on any atom is 0.308 e. The van der Waals surface area contributed by atoms with E-state index < -0.39 is 17.1 Å². The number of thioether (sulfide) groups is 1. The van der Waals surface area contributed by atoms with Gasteiger partial charge in [0.1, 0.15) is 11.8 Å². The van der Waals surface area contributed by atoms with Crippen LogP contribution in [0.5, 0.6) is 0 Å². The highest BCUT2D eigenvalue weighted by Crippen LogP contribution is 2.54. The highest BCUT2D eigenvalue weighted by Gasteiger charge is 2.56. The molecule has 208 valence electrons. The molecule has 0 aliphatic carbocycles. The second-order valence-electron chi connectivity index (χ2n) is 10.6. The molecule has 3 unspecified atom stereocenters. The lowest BCUT2D eigenvalue weighted by Gasteiger charge is -2.31. The number of thiazole rings is 1. The first kappa shape index (κ1) is 27.1. The Morgan fingerprint density at radius 1 is 0.950 bits per heavy atom. The van der Waals surface area contributed by atoms with Crippen molar-refractivity contribution >= 4 is 63.8 Å². The highest BCUT2D eigenvalue weighted by molar-refractivity contribution is 8.00. The zero-order chi connectivity index (χ0) is 28.1. The molecule has 2 fully saturated rings. The first-order valence-electron chi connectivity index (χ1n) is 13.3. The average Bonchev–Trinajstić information content (AvgIpc) is 3.40. The van der Waals surface area contributed by atoms with Crippen molar-refractivity contribution in [3.05, 3.63) is 73.7 Å². The lowest BCUT2D eigenvalue weighted by Crippen LogP contribution is -2.39. The largest absolute Gasteiger partial charge is 0.378 e. The van der Waals surface area contributed by atoms with Crippen molar-refractivity contribution in [1.29, 1.82) is 0 Å². The molecule has 8 nitrogen and oxygen atoms in total. The number of hydrogen-bond donors (Lipinski definition) is 0. The Hall–Kier alpha value is -3.08. The third-order valence-electron chi connectivity index (χ3n) is 7.90. The van der Waals surface area contributed by atoms with Gasteiger partial charge in [-0.15, -0.1) is 0 Å². The molecule has 0 bridgehead atoms. The van der Waals surface area contributed by atoms with Crippen molar-refractivity contribution in [3.63, 3.8) is 0 Å². The number of hydrogen-bond acceptors (Lipinski definition) is 7. The summed E-state index contributed by atoms with van der Waals surface area (Å²) in [6.07, 6.45) is 3.02. The number of amides is 3. The van der Waals surface area contributed by atoms with E-state index in [1.807, 2.05) is 48.2 Å². The zero-order valence-corrected chi connectivity index (χ0v) is 24.6. The number of nitrogens with zero attached hydrogens (tertiary/aromatic N) is 4. The first-order valence-corrected chi connectivity index (χ1v) is 15.4.